The Hall–Kier alpha value is -2.04. The van der Waals surface area contributed by atoms with Crippen LogP contribution in [0.4, 0.5) is 0 Å². The smallest absolute Gasteiger partial charge is 0.237 e. The molecule has 4 nitrogen and oxygen atoms in total. The van der Waals surface area contributed by atoms with Crippen LogP contribution in [-0.2, 0) is 4.79 Å². The molecule has 2 aromatic rings. The minimum Gasteiger partial charge on any atom is -0.491 e. The summed E-state index contributed by atoms with van der Waals surface area (Å²) in [6, 6.07) is 15.0. The molecule has 2 rings (SSSR count). The Labute approximate surface area is 149 Å². The third-order valence-electron chi connectivity index (χ3n) is 3.74. The standard InChI is InChI=1S/C19H24N2O2.ClH/c1-13-8-7-9-14(2)18(13)23-12-17(21-19(22)15(3)20)16-10-5-4-6-11-16;/h4-11,15,17H,12,20H2,1-3H3,(H,21,22);1H/t15-,17?;/m1./s1. The van der Waals surface area contributed by atoms with Crippen LogP contribution in [0.1, 0.15) is 29.7 Å². The van der Waals surface area contributed by atoms with E-state index in [1.54, 1.807) is 6.92 Å². The zero-order chi connectivity index (χ0) is 16.8. The first-order valence-electron chi connectivity index (χ1n) is 7.79. The molecule has 2 aromatic carbocycles. The Morgan fingerprint density at radius 1 is 1.08 bits per heavy atom. The topological polar surface area (TPSA) is 64.3 Å². The van der Waals surface area contributed by atoms with Gasteiger partial charge in [-0.15, -0.1) is 12.4 Å². The molecule has 0 aliphatic heterocycles. The number of carbonyl (C=O) groups excluding carboxylic acids is 1. The van der Waals surface area contributed by atoms with Crippen LogP contribution in [0.25, 0.3) is 0 Å². The summed E-state index contributed by atoms with van der Waals surface area (Å²) < 4.78 is 6.01. The lowest BCUT2D eigenvalue weighted by Crippen LogP contribution is -2.42. The van der Waals surface area contributed by atoms with Gasteiger partial charge in [-0.05, 0) is 37.5 Å². The fraction of sp³-hybridized carbons (Fsp3) is 0.316. The molecule has 2 atom stereocenters. The first-order valence-corrected chi connectivity index (χ1v) is 7.79. The van der Waals surface area contributed by atoms with Crippen LogP contribution in [0.15, 0.2) is 48.5 Å². The summed E-state index contributed by atoms with van der Waals surface area (Å²) in [5.74, 6) is 0.674. The normalized spacial score (nSPS) is 12.7. The zero-order valence-electron chi connectivity index (χ0n) is 14.3. The van der Waals surface area contributed by atoms with Gasteiger partial charge >= 0.3 is 0 Å². The molecular weight excluding hydrogens is 324 g/mol. The number of rotatable bonds is 6. The number of para-hydroxylation sites is 1. The minimum atomic E-state index is -0.554. The van der Waals surface area contributed by atoms with E-state index in [0.29, 0.717) is 6.61 Å². The summed E-state index contributed by atoms with van der Waals surface area (Å²) in [6.45, 7) is 6.05. The summed E-state index contributed by atoms with van der Waals surface area (Å²) in [4.78, 5) is 12.0. The molecular formula is C19H25ClN2O2. The molecule has 1 amide bonds. The highest BCUT2D eigenvalue weighted by Gasteiger charge is 2.18. The van der Waals surface area contributed by atoms with Crippen LogP contribution in [0.3, 0.4) is 0 Å². The first-order chi connectivity index (χ1) is 11.0. The molecule has 0 bridgehead atoms. The Kier molecular flexibility index (Phi) is 7.75. The number of benzene rings is 2. The lowest BCUT2D eigenvalue weighted by molar-refractivity contribution is -0.123. The van der Waals surface area contributed by atoms with Crippen molar-refractivity contribution >= 4 is 18.3 Å². The summed E-state index contributed by atoms with van der Waals surface area (Å²) in [5.41, 5.74) is 8.82. The van der Waals surface area contributed by atoms with E-state index in [1.807, 2.05) is 62.4 Å². The highest BCUT2D eigenvalue weighted by Crippen LogP contribution is 2.24. The molecule has 0 heterocycles. The predicted molar refractivity (Wildman–Crippen MR) is 99.6 cm³/mol. The highest BCUT2D eigenvalue weighted by atomic mass is 35.5. The largest absolute Gasteiger partial charge is 0.491 e. The fourth-order valence-electron chi connectivity index (χ4n) is 2.40. The van der Waals surface area contributed by atoms with Crippen LogP contribution in [0, 0.1) is 13.8 Å². The quantitative estimate of drug-likeness (QED) is 0.841. The molecule has 0 saturated heterocycles. The first kappa shape index (κ1) is 20.0. The summed E-state index contributed by atoms with van der Waals surface area (Å²) in [5, 5.41) is 2.95. The maximum absolute atomic E-state index is 12.0. The van der Waals surface area contributed by atoms with E-state index in [-0.39, 0.29) is 24.4 Å². The molecule has 0 radical (unpaired) electrons. The molecule has 0 aliphatic carbocycles. The molecule has 130 valence electrons. The second kappa shape index (κ2) is 9.30. The second-order valence-electron chi connectivity index (χ2n) is 5.79. The molecule has 0 saturated carbocycles. The summed E-state index contributed by atoms with van der Waals surface area (Å²) in [6.07, 6.45) is 0. The average molecular weight is 349 g/mol. The monoisotopic (exact) mass is 348 g/mol. The Balaban J connectivity index is 0.00000288. The maximum Gasteiger partial charge on any atom is 0.237 e. The molecule has 1 unspecified atom stereocenters. The zero-order valence-corrected chi connectivity index (χ0v) is 15.1. The van der Waals surface area contributed by atoms with Crippen LogP contribution < -0.4 is 15.8 Å². The van der Waals surface area contributed by atoms with Gasteiger partial charge in [0.2, 0.25) is 5.91 Å². The van der Waals surface area contributed by atoms with Crippen molar-refractivity contribution in [2.24, 2.45) is 5.73 Å². The molecule has 0 aliphatic rings. The molecule has 24 heavy (non-hydrogen) atoms. The van der Waals surface area contributed by atoms with Gasteiger partial charge in [-0.25, -0.2) is 0 Å². The van der Waals surface area contributed by atoms with Gasteiger partial charge in [0.05, 0.1) is 12.1 Å². The average Bonchev–Trinajstić information content (AvgIpc) is 2.53. The number of hydrogen-bond acceptors (Lipinski definition) is 3. The van der Waals surface area contributed by atoms with Gasteiger partial charge in [0.1, 0.15) is 12.4 Å². The van der Waals surface area contributed by atoms with E-state index in [0.717, 1.165) is 22.4 Å². The van der Waals surface area contributed by atoms with Crippen LogP contribution in [0.2, 0.25) is 0 Å². The number of carbonyl (C=O) groups is 1. The number of hydrogen-bond donors (Lipinski definition) is 2. The number of aryl methyl sites for hydroxylation is 2. The highest BCUT2D eigenvalue weighted by molar-refractivity contribution is 5.85. The van der Waals surface area contributed by atoms with E-state index < -0.39 is 6.04 Å². The van der Waals surface area contributed by atoms with Crippen LogP contribution in [0.5, 0.6) is 5.75 Å². The summed E-state index contributed by atoms with van der Waals surface area (Å²) >= 11 is 0. The van der Waals surface area contributed by atoms with E-state index in [1.165, 1.54) is 0 Å². The number of amides is 1. The number of nitrogens with one attached hydrogen (secondary N) is 1. The van der Waals surface area contributed by atoms with Crippen molar-refractivity contribution in [2.75, 3.05) is 6.61 Å². The van der Waals surface area contributed by atoms with Crippen molar-refractivity contribution in [1.82, 2.24) is 5.32 Å². The third kappa shape index (κ3) is 5.25. The van der Waals surface area contributed by atoms with Crippen molar-refractivity contribution in [2.45, 2.75) is 32.9 Å². The van der Waals surface area contributed by atoms with Gasteiger partial charge in [0.15, 0.2) is 0 Å². The summed E-state index contributed by atoms with van der Waals surface area (Å²) in [7, 11) is 0. The number of halogens is 1. The lowest BCUT2D eigenvalue weighted by atomic mass is 10.1. The Morgan fingerprint density at radius 2 is 1.67 bits per heavy atom. The van der Waals surface area contributed by atoms with Crippen molar-refractivity contribution in [1.29, 1.82) is 0 Å². The van der Waals surface area contributed by atoms with Crippen molar-refractivity contribution < 1.29 is 9.53 Å². The van der Waals surface area contributed by atoms with Crippen LogP contribution in [-0.4, -0.2) is 18.6 Å². The van der Waals surface area contributed by atoms with E-state index >= 15 is 0 Å². The fourth-order valence-corrected chi connectivity index (χ4v) is 2.40. The Bertz CT molecular complexity index is 639. The molecule has 0 fully saturated rings. The maximum atomic E-state index is 12.0. The SMILES string of the molecule is Cc1cccc(C)c1OCC(NC(=O)[C@@H](C)N)c1ccccc1.Cl. The van der Waals surface area contributed by atoms with Gasteiger partial charge in [0.25, 0.3) is 0 Å². The van der Waals surface area contributed by atoms with E-state index in [9.17, 15) is 4.79 Å². The Morgan fingerprint density at radius 3 is 2.21 bits per heavy atom. The lowest BCUT2D eigenvalue weighted by Gasteiger charge is -2.22. The van der Waals surface area contributed by atoms with Crippen molar-refractivity contribution in [3.63, 3.8) is 0 Å². The van der Waals surface area contributed by atoms with Gasteiger partial charge in [-0.3, -0.25) is 4.79 Å². The molecule has 5 heteroatoms. The third-order valence-corrected chi connectivity index (χ3v) is 3.74. The predicted octanol–water partition coefficient (Wildman–Crippen LogP) is 3.31. The van der Waals surface area contributed by atoms with Gasteiger partial charge in [-0.1, -0.05) is 48.5 Å². The van der Waals surface area contributed by atoms with Crippen LogP contribution >= 0.6 is 12.4 Å². The van der Waals surface area contributed by atoms with Gasteiger partial charge in [-0.2, -0.15) is 0 Å². The molecule has 0 spiro atoms. The van der Waals surface area contributed by atoms with Crippen molar-refractivity contribution in [3.05, 3.63) is 65.2 Å². The van der Waals surface area contributed by atoms with E-state index in [4.69, 9.17) is 10.5 Å². The molecule has 0 aromatic heterocycles. The number of ether oxygens (including phenoxy) is 1. The second-order valence-corrected chi connectivity index (χ2v) is 5.79. The van der Waals surface area contributed by atoms with E-state index in [2.05, 4.69) is 5.32 Å². The van der Waals surface area contributed by atoms with Gasteiger partial charge in [0, 0.05) is 0 Å². The molecule has 3 N–H and O–H groups in total. The minimum absolute atomic E-state index is 0. The number of nitrogens with two attached hydrogens (primary N) is 1. The van der Waals surface area contributed by atoms with Gasteiger partial charge < -0.3 is 15.8 Å². The van der Waals surface area contributed by atoms with Crippen molar-refractivity contribution in [3.8, 4) is 5.75 Å².